The van der Waals surface area contributed by atoms with Crippen molar-refractivity contribution in [3.05, 3.63) is 88.0 Å². The van der Waals surface area contributed by atoms with Crippen LogP contribution in [0.4, 0.5) is 32.0 Å². The van der Waals surface area contributed by atoms with E-state index in [1.54, 1.807) is 0 Å². The summed E-state index contributed by atoms with van der Waals surface area (Å²) in [5.74, 6) is -1.88. The number of halogens is 6. The Morgan fingerprint density at radius 3 is 1.85 bits per heavy atom. The molecular weight excluding hydrogens is 460 g/mol. The van der Waals surface area contributed by atoms with Crippen LogP contribution >= 0.6 is 12.2 Å². The van der Waals surface area contributed by atoms with Crippen molar-refractivity contribution in [2.45, 2.75) is 26.2 Å². The number of thiocarbonyl (C=S) groups is 1. The lowest BCUT2D eigenvalue weighted by molar-refractivity contribution is 0.572. The van der Waals surface area contributed by atoms with Crippen molar-refractivity contribution in [2.24, 2.45) is 4.99 Å². The first-order valence-corrected chi connectivity index (χ1v) is 10.2. The van der Waals surface area contributed by atoms with E-state index in [1.807, 2.05) is 12.1 Å². The number of rotatable bonds is 5. The van der Waals surface area contributed by atoms with Gasteiger partial charge < -0.3 is 0 Å². The summed E-state index contributed by atoms with van der Waals surface area (Å²) in [6, 6.07) is 5.35. The van der Waals surface area contributed by atoms with Crippen LogP contribution in [0.5, 0.6) is 0 Å². The van der Waals surface area contributed by atoms with Gasteiger partial charge in [0.05, 0.1) is 16.3 Å². The highest BCUT2D eigenvalue weighted by Crippen LogP contribution is 2.32. The molecule has 0 spiro atoms. The Morgan fingerprint density at radius 1 is 0.758 bits per heavy atom. The number of hydrogen-bond acceptors (Lipinski definition) is 2. The molecule has 0 saturated heterocycles. The minimum atomic E-state index is -1.18. The maximum absolute atomic E-state index is 14.6. The highest BCUT2D eigenvalue weighted by atomic mass is 32.1. The summed E-state index contributed by atoms with van der Waals surface area (Å²) in [6.07, 6.45) is 2.14. The first-order valence-electron chi connectivity index (χ1n) is 9.81. The fourth-order valence-electron chi connectivity index (χ4n) is 3.19. The Kier molecular flexibility index (Phi) is 7.70. The van der Waals surface area contributed by atoms with Crippen molar-refractivity contribution >= 4 is 23.1 Å². The van der Waals surface area contributed by atoms with Gasteiger partial charge in [0, 0.05) is 5.56 Å². The second-order valence-corrected chi connectivity index (χ2v) is 7.28. The van der Waals surface area contributed by atoms with Crippen LogP contribution in [0.3, 0.4) is 0 Å². The Morgan fingerprint density at radius 2 is 1.33 bits per heavy atom. The molecule has 0 aliphatic heterocycles. The van der Waals surface area contributed by atoms with E-state index in [1.165, 1.54) is 12.1 Å². The van der Waals surface area contributed by atoms with E-state index in [2.05, 4.69) is 29.1 Å². The van der Waals surface area contributed by atoms with E-state index in [0.29, 0.717) is 24.1 Å². The molecule has 1 nitrogen and oxygen atoms in total. The first-order chi connectivity index (χ1) is 15.7. The molecule has 0 N–H and O–H groups in total. The molecule has 0 heterocycles. The third-order valence-electron chi connectivity index (χ3n) is 4.76. The van der Waals surface area contributed by atoms with Gasteiger partial charge >= 0.3 is 0 Å². The molecule has 3 rings (SSSR count). The molecule has 0 saturated carbocycles. The van der Waals surface area contributed by atoms with Gasteiger partial charge in [-0.25, -0.2) is 26.3 Å². The quantitative estimate of drug-likeness (QED) is 0.160. The summed E-state index contributed by atoms with van der Waals surface area (Å²) in [7, 11) is 0. The normalized spacial score (nSPS) is 10.4. The number of isothiocyanates is 1. The molecule has 0 radical (unpaired) electrons. The van der Waals surface area contributed by atoms with Crippen LogP contribution < -0.4 is 0 Å². The van der Waals surface area contributed by atoms with Crippen LogP contribution in [-0.4, -0.2) is 5.16 Å². The van der Waals surface area contributed by atoms with Crippen LogP contribution in [0.25, 0.3) is 11.1 Å². The monoisotopic (exact) mass is 475 g/mol. The minimum absolute atomic E-state index is 0.217. The van der Waals surface area contributed by atoms with Gasteiger partial charge in [-0.15, -0.1) is 0 Å². The Labute approximate surface area is 191 Å². The summed E-state index contributed by atoms with van der Waals surface area (Å²) < 4.78 is 85.9. The highest BCUT2D eigenvalue weighted by Gasteiger charge is 2.18. The van der Waals surface area contributed by atoms with Crippen molar-refractivity contribution in [1.29, 1.82) is 0 Å². The molecule has 168 valence electrons. The third-order valence-corrected chi connectivity index (χ3v) is 4.85. The summed E-state index contributed by atoms with van der Waals surface area (Å²) in [5, 5.41) is 1.81. The molecule has 0 fully saturated rings. The van der Waals surface area contributed by atoms with Gasteiger partial charge in [0.1, 0.15) is 29.0 Å². The number of benzene rings is 3. The predicted molar refractivity (Wildman–Crippen MR) is 117 cm³/mol. The zero-order valence-electron chi connectivity index (χ0n) is 17.2. The molecule has 0 amide bonds. The number of unbranched alkanes of at least 4 members (excludes halogenated alkanes) is 1. The maximum atomic E-state index is 14.6. The second-order valence-electron chi connectivity index (χ2n) is 7.09. The summed E-state index contributed by atoms with van der Waals surface area (Å²) >= 11 is 4.30. The van der Waals surface area contributed by atoms with Gasteiger partial charge in [0.25, 0.3) is 0 Å². The fourth-order valence-corrected chi connectivity index (χ4v) is 3.28. The third kappa shape index (κ3) is 5.51. The topological polar surface area (TPSA) is 12.4 Å². The van der Waals surface area contributed by atoms with Gasteiger partial charge in [0.2, 0.25) is 0 Å². The first kappa shape index (κ1) is 24.2. The second kappa shape index (κ2) is 10.5. The summed E-state index contributed by atoms with van der Waals surface area (Å²) in [5.41, 5.74) is -2.11. The van der Waals surface area contributed by atoms with E-state index in [0.717, 1.165) is 25.0 Å². The molecule has 0 unspecified atom stereocenters. The highest BCUT2D eigenvalue weighted by molar-refractivity contribution is 7.78. The lowest BCUT2D eigenvalue weighted by atomic mass is 10.0. The van der Waals surface area contributed by atoms with E-state index in [-0.39, 0.29) is 5.56 Å². The van der Waals surface area contributed by atoms with E-state index >= 15 is 0 Å². The molecule has 0 bridgehead atoms. The molecular formula is C25H15F6NS. The van der Waals surface area contributed by atoms with Gasteiger partial charge in [-0.05, 0) is 72.6 Å². The molecule has 33 heavy (non-hydrogen) atoms. The number of aryl methyl sites for hydroxylation is 1. The average molecular weight is 475 g/mol. The van der Waals surface area contributed by atoms with Crippen LogP contribution in [0.2, 0.25) is 0 Å². The largest absolute Gasteiger partial charge is 0.206 e. The number of nitrogens with zero attached hydrogens (tertiary/aromatic N) is 1. The smallest absolute Gasteiger partial charge is 0.153 e. The number of aliphatic imine (C=N–C) groups is 1. The fraction of sp³-hybridized carbons (Fsp3) is 0.160. The summed E-state index contributed by atoms with van der Waals surface area (Å²) in [6.45, 7) is 1.95. The molecule has 8 heteroatoms. The Bertz CT molecular complexity index is 1260. The van der Waals surface area contributed by atoms with Crippen molar-refractivity contribution in [1.82, 2.24) is 0 Å². The van der Waals surface area contributed by atoms with Crippen LogP contribution in [0, 0.1) is 46.7 Å². The average Bonchev–Trinajstić information content (AvgIpc) is 2.74. The van der Waals surface area contributed by atoms with Crippen molar-refractivity contribution < 1.29 is 26.3 Å². The lowest BCUT2D eigenvalue weighted by Crippen LogP contribution is -1.96. The molecule has 0 aliphatic rings. The lowest BCUT2D eigenvalue weighted by Gasteiger charge is -2.08. The zero-order chi connectivity index (χ0) is 24.1. The van der Waals surface area contributed by atoms with Gasteiger partial charge in [-0.2, -0.15) is 4.99 Å². The van der Waals surface area contributed by atoms with E-state index in [4.69, 9.17) is 0 Å². The van der Waals surface area contributed by atoms with Crippen LogP contribution in [0.15, 0.2) is 41.4 Å². The minimum Gasteiger partial charge on any atom is -0.206 e. The summed E-state index contributed by atoms with van der Waals surface area (Å²) in [4.78, 5) is 3.23. The number of hydrogen-bond donors (Lipinski definition) is 0. The van der Waals surface area contributed by atoms with Gasteiger partial charge in [0.15, 0.2) is 11.6 Å². The van der Waals surface area contributed by atoms with Gasteiger partial charge in [-0.3, -0.25) is 0 Å². The van der Waals surface area contributed by atoms with Crippen molar-refractivity contribution in [2.75, 3.05) is 0 Å². The predicted octanol–water partition coefficient (Wildman–Crippen LogP) is 7.66. The van der Waals surface area contributed by atoms with Crippen molar-refractivity contribution in [3.8, 4) is 23.0 Å². The standard InChI is InChI=1S/C25H15F6NS/c1-2-3-4-14-7-18(26)17(19(27)8-14)6-5-15-9-20(28)24(21(29)10-15)16-11-22(30)25(32-13-33)23(31)12-16/h7-12H,2-4H2,1H3. The van der Waals surface area contributed by atoms with Crippen LogP contribution in [-0.2, 0) is 6.42 Å². The molecule has 0 atom stereocenters. The molecule has 0 aromatic heterocycles. The molecule has 3 aromatic rings. The van der Waals surface area contributed by atoms with Crippen molar-refractivity contribution in [3.63, 3.8) is 0 Å². The molecule has 3 aromatic carbocycles. The Balaban J connectivity index is 1.98. The SMILES string of the molecule is CCCCc1cc(F)c(C#Cc2cc(F)c(-c3cc(F)c(N=C=S)c(F)c3)c(F)c2)c(F)c1. The molecule has 0 aliphatic carbocycles. The van der Waals surface area contributed by atoms with E-state index < -0.39 is 57.3 Å². The zero-order valence-corrected chi connectivity index (χ0v) is 18.0. The Hall–Kier alpha value is -3.40. The van der Waals surface area contributed by atoms with Gasteiger partial charge in [-0.1, -0.05) is 25.2 Å². The van der Waals surface area contributed by atoms with Crippen LogP contribution in [0.1, 0.15) is 36.5 Å². The maximum Gasteiger partial charge on any atom is 0.153 e. The van der Waals surface area contributed by atoms with E-state index in [9.17, 15) is 26.3 Å².